The van der Waals surface area contributed by atoms with Gasteiger partial charge >= 0.3 is 0 Å². The summed E-state index contributed by atoms with van der Waals surface area (Å²) in [5.41, 5.74) is 2.60. The lowest BCUT2D eigenvalue weighted by molar-refractivity contribution is 0.896. The summed E-state index contributed by atoms with van der Waals surface area (Å²) in [6.45, 7) is 4.37. The first kappa shape index (κ1) is 10.6. The number of benzene rings is 1. The van der Waals surface area contributed by atoms with Crippen molar-refractivity contribution in [1.29, 1.82) is 0 Å². The summed E-state index contributed by atoms with van der Waals surface area (Å²) in [4.78, 5) is 0. The molecule has 0 aliphatic heterocycles. The molecular weight excluding hydrogens is 180 g/mol. The maximum Gasteiger partial charge on any atom is 0.0469 e. The Morgan fingerprint density at radius 1 is 1.00 bits per heavy atom. The molecule has 1 aromatic carbocycles. The van der Waals surface area contributed by atoms with E-state index in [1.165, 1.54) is 11.1 Å². The van der Waals surface area contributed by atoms with Gasteiger partial charge in [0.25, 0.3) is 0 Å². The molecule has 72 valence electrons. The monoisotopic (exact) mass is 196 g/mol. The molecule has 1 heteroatoms. The minimum atomic E-state index is 0.992. The Morgan fingerprint density at radius 2 is 1.46 bits per heavy atom. The number of hydrogen-bond donors (Lipinski definition) is 0. The normalized spacial score (nSPS) is 10.4. The Kier molecular flexibility index (Phi) is 4.31. The van der Waals surface area contributed by atoms with Crippen molar-refractivity contribution < 1.29 is 0 Å². The topological polar surface area (TPSA) is 0 Å². The van der Waals surface area contributed by atoms with E-state index in [-0.39, 0.29) is 0 Å². The highest BCUT2D eigenvalue weighted by atomic mass is 35.5. The van der Waals surface area contributed by atoms with E-state index in [1.807, 2.05) is 0 Å². The minimum Gasteiger partial charge on any atom is -0.0837 e. The van der Waals surface area contributed by atoms with E-state index < -0.39 is 0 Å². The fraction of sp³-hybridized carbons (Fsp3) is 0.500. The molecule has 0 N–H and O–H groups in total. The largest absolute Gasteiger partial charge is 0.0837 e. The molecule has 0 saturated heterocycles. The number of aryl methyl sites for hydroxylation is 2. The third-order valence-corrected chi connectivity index (χ3v) is 2.68. The number of halogens is 1. The molecule has 0 aromatic heterocycles. The van der Waals surface area contributed by atoms with Gasteiger partial charge in [0, 0.05) is 5.02 Å². The molecule has 13 heavy (non-hydrogen) atoms. The summed E-state index contributed by atoms with van der Waals surface area (Å²) in [6, 6.07) is 6.37. The van der Waals surface area contributed by atoms with Gasteiger partial charge in [-0.15, -0.1) is 0 Å². The van der Waals surface area contributed by atoms with Crippen molar-refractivity contribution in [3.8, 4) is 0 Å². The molecule has 0 aliphatic rings. The van der Waals surface area contributed by atoms with Crippen LogP contribution in [0, 0.1) is 0 Å². The van der Waals surface area contributed by atoms with Crippen molar-refractivity contribution in [3.05, 3.63) is 34.3 Å². The molecule has 1 rings (SSSR count). The van der Waals surface area contributed by atoms with Crippen LogP contribution in [0.5, 0.6) is 0 Å². The van der Waals surface area contributed by atoms with Crippen LogP contribution in [0.25, 0.3) is 0 Å². The third-order valence-electron chi connectivity index (χ3n) is 2.20. The Morgan fingerprint density at radius 3 is 1.85 bits per heavy atom. The molecule has 0 atom stereocenters. The zero-order valence-electron chi connectivity index (χ0n) is 8.44. The van der Waals surface area contributed by atoms with Crippen LogP contribution in [0.1, 0.15) is 37.8 Å². The van der Waals surface area contributed by atoms with E-state index in [1.54, 1.807) is 0 Å². The van der Waals surface area contributed by atoms with Crippen LogP contribution >= 0.6 is 11.6 Å². The highest BCUT2D eigenvalue weighted by Gasteiger charge is 2.03. The summed E-state index contributed by atoms with van der Waals surface area (Å²) in [6.07, 6.45) is 4.51. The van der Waals surface area contributed by atoms with Crippen molar-refractivity contribution in [3.63, 3.8) is 0 Å². The average Bonchev–Trinajstić information content (AvgIpc) is 2.13. The molecule has 0 fully saturated rings. The Hall–Kier alpha value is -0.490. The van der Waals surface area contributed by atoms with Crippen LogP contribution in [0.4, 0.5) is 0 Å². The molecule has 0 spiro atoms. The molecular formula is C12H17Cl. The van der Waals surface area contributed by atoms with Gasteiger partial charge in [-0.05, 0) is 24.0 Å². The number of hydrogen-bond acceptors (Lipinski definition) is 0. The highest BCUT2D eigenvalue weighted by Crippen LogP contribution is 2.23. The molecule has 0 heterocycles. The molecule has 0 unspecified atom stereocenters. The van der Waals surface area contributed by atoms with E-state index in [2.05, 4.69) is 32.0 Å². The summed E-state index contributed by atoms with van der Waals surface area (Å²) < 4.78 is 0. The fourth-order valence-corrected chi connectivity index (χ4v) is 1.87. The molecule has 0 saturated carbocycles. The Labute approximate surface area is 85.9 Å². The lowest BCUT2D eigenvalue weighted by Gasteiger charge is -2.07. The second-order valence-electron chi connectivity index (χ2n) is 3.39. The van der Waals surface area contributed by atoms with Gasteiger partial charge in [0.15, 0.2) is 0 Å². The van der Waals surface area contributed by atoms with Gasteiger partial charge in [-0.25, -0.2) is 0 Å². The first-order valence-corrected chi connectivity index (χ1v) is 5.43. The maximum absolute atomic E-state index is 6.27. The number of rotatable bonds is 4. The standard InChI is InChI=1S/C12H17Cl/c1-3-6-10-8-5-9-11(7-4-2)12(10)13/h5,8-9H,3-4,6-7H2,1-2H3. The first-order valence-electron chi connectivity index (χ1n) is 5.05. The molecule has 1 aromatic rings. The quantitative estimate of drug-likeness (QED) is 0.676. The van der Waals surface area contributed by atoms with Gasteiger partial charge in [-0.3, -0.25) is 0 Å². The fourth-order valence-electron chi connectivity index (χ4n) is 1.56. The van der Waals surface area contributed by atoms with Crippen LogP contribution in [0.3, 0.4) is 0 Å². The van der Waals surface area contributed by atoms with Crippen LogP contribution in [-0.2, 0) is 12.8 Å². The zero-order valence-corrected chi connectivity index (χ0v) is 9.19. The summed E-state index contributed by atoms with van der Waals surface area (Å²) in [5, 5.41) is 0.992. The van der Waals surface area contributed by atoms with Crippen LogP contribution in [0.2, 0.25) is 5.02 Å². The van der Waals surface area contributed by atoms with Crippen LogP contribution < -0.4 is 0 Å². The SMILES string of the molecule is CCCc1cccc(CCC)c1Cl. The van der Waals surface area contributed by atoms with Crippen molar-refractivity contribution in [2.24, 2.45) is 0 Å². The van der Waals surface area contributed by atoms with Gasteiger partial charge in [0.2, 0.25) is 0 Å². The summed E-state index contributed by atoms with van der Waals surface area (Å²) >= 11 is 6.27. The zero-order chi connectivity index (χ0) is 9.68. The second kappa shape index (κ2) is 5.29. The predicted octanol–water partition coefficient (Wildman–Crippen LogP) is 4.25. The van der Waals surface area contributed by atoms with E-state index >= 15 is 0 Å². The third kappa shape index (κ3) is 2.73. The van der Waals surface area contributed by atoms with E-state index in [9.17, 15) is 0 Å². The smallest absolute Gasteiger partial charge is 0.0469 e. The van der Waals surface area contributed by atoms with Crippen molar-refractivity contribution in [2.75, 3.05) is 0 Å². The predicted molar refractivity (Wildman–Crippen MR) is 59.4 cm³/mol. The Balaban J connectivity index is 2.89. The van der Waals surface area contributed by atoms with Crippen LogP contribution in [-0.4, -0.2) is 0 Å². The minimum absolute atomic E-state index is 0.992. The molecule has 0 aliphatic carbocycles. The lowest BCUT2D eigenvalue weighted by Crippen LogP contribution is -1.91. The highest BCUT2D eigenvalue weighted by molar-refractivity contribution is 6.32. The van der Waals surface area contributed by atoms with E-state index in [0.29, 0.717) is 0 Å². The van der Waals surface area contributed by atoms with Gasteiger partial charge in [-0.1, -0.05) is 56.5 Å². The first-order chi connectivity index (χ1) is 6.29. The Bertz CT molecular complexity index is 242. The average molecular weight is 197 g/mol. The van der Waals surface area contributed by atoms with Gasteiger partial charge in [0.05, 0.1) is 0 Å². The van der Waals surface area contributed by atoms with Gasteiger partial charge < -0.3 is 0 Å². The van der Waals surface area contributed by atoms with Crippen molar-refractivity contribution in [2.45, 2.75) is 39.5 Å². The molecule has 0 radical (unpaired) electrons. The maximum atomic E-state index is 6.27. The summed E-state index contributed by atoms with van der Waals surface area (Å²) in [7, 11) is 0. The van der Waals surface area contributed by atoms with Crippen molar-refractivity contribution >= 4 is 11.6 Å². The molecule has 0 nitrogen and oxygen atoms in total. The second-order valence-corrected chi connectivity index (χ2v) is 3.77. The molecule has 0 bridgehead atoms. The lowest BCUT2D eigenvalue weighted by atomic mass is 10.0. The van der Waals surface area contributed by atoms with E-state index in [4.69, 9.17) is 11.6 Å². The van der Waals surface area contributed by atoms with Gasteiger partial charge in [0.1, 0.15) is 0 Å². The molecule has 0 amide bonds. The van der Waals surface area contributed by atoms with Crippen LogP contribution in [0.15, 0.2) is 18.2 Å². The van der Waals surface area contributed by atoms with E-state index in [0.717, 1.165) is 30.7 Å². The summed E-state index contributed by atoms with van der Waals surface area (Å²) in [5.74, 6) is 0. The van der Waals surface area contributed by atoms with Gasteiger partial charge in [-0.2, -0.15) is 0 Å². The van der Waals surface area contributed by atoms with Crippen molar-refractivity contribution in [1.82, 2.24) is 0 Å².